The average molecular weight is 326 g/mol. The summed E-state index contributed by atoms with van der Waals surface area (Å²) in [5.41, 5.74) is 1.57. The van der Waals surface area contributed by atoms with E-state index in [0.717, 1.165) is 31.5 Å². The molecule has 0 aromatic heterocycles. The van der Waals surface area contributed by atoms with Crippen LogP contribution < -0.4 is 10.2 Å². The maximum absolute atomic E-state index is 12.4. The van der Waals surface area contributed by atoms with Crippen LogP contribution >= 0.6 is 0 Å². The first kappa shape index (κ1) is 16.3. The molecule has 1 saturated heterocycles. The standard InChI is InChI=1S/C18H22N4O2/c19-10-2-11-21(13-14-4-5-14)18(24)20-15-6-8-16(9-7-15)22-12-1-3-17(22)23/h6-9,14H,1-5,11-13H2,(H,20,24). The molecule has 1 N–H and O–H groups in total. The van der Waals surface area contributed by atoms with Crippen LogP contribution in [0.15, 0.2) is 24.3 Å². The first-order chi connectivity index (χ1) is 11.7. The van der Waals surface area contributed by atoms with Gasteiger partial charge in [0.05, 0.1) is 12.5 Å². The largest absolute Gasteiger partial charge is 0.323 e. The molecule has 2 fully saturated rings. The lowest BCUT2D eigenvalue weighted by Crippen LogP contribution is -2.37. The van der Waals surface area contributed by atoms with Crippen LogP contribution in [-0.2, 0) is 4.79 Å². The molecular formula is C18H22N4O2. The molecule has 1 saturated carbocycles. The van der Waals surface area contributed by atoms with Crippen molar-refractivity contribution in [3.05, 3.63) is 24.3 Å². The SMILES string of the molecule is N#CCCN(CC1CC1)C(=O)Nc1ccc(N2CCCC2=O)cc1. The van der Waals surface area contributed by atoms with Gasteiger partial charge in [-0.15, -0.1) is 0 Å². The molecule has 1 aliphatic heterocycles. The van der Waals surface area contributed by atoms with Crippen molar-refractivity contribution in [1.29, 1.82) is 5.26 Å². The second-order valence-corrected chi connectivity index (χ2v) is 6.42. The van der Waals surface area contributed by atoms with Crippen LogP contribution in [0.1, 0.15) is 32.1 Å². The van der Waals surface area contributed by atoms with Gasteiger partial charge < -0.3 is 15.1 Å². The van der Waals surface area contributed by atoms with Crippen LogP contribution in [0.5, 0.6) is 0 Å². The van der Waals surface area contributed by atoms with Crippen molar-refractivity contribution < 1.29 is 9.59 Å². The Morgan fingerprint density at radius 3 is 2.67 bits per heavy atom. The zero-order chi connectivity index (χ0) is 16.9. The number of amides is 3. The Morgan fingerprint density at radius 2 is 2.08 bits per heavy atom. The van der Waals surface area contributed by atoms with Crippen molar-refractivity contribution in [2.24, 2.45) is 5.92 Å². The van der Waals surface area contributed by atoms with E-state index < -0.39 is 0 Å². The smallest absolute Gasteiger partial charge is 0.321 e. The van der Waals surface area contributed by atoms with Crippen LogP contribution in [-0.4, -0.2) is 36.5 Å². The van der Waals surface area contributed by atoms with E-state index in [0.29, 0.717) is 37.5 Å². The second-order valence-electron chi connectivity index (χ2n) is 6.42. The third-order valence-corrected chi connectivity index (χ3v) is 4.46. The number of nitriles is 1. The Morgan fingerprint density at radius 1 is 1.33 bits per heavy atom. The van der Waals surface area contributed by atoms with Crippen LogP contribution in [0, 0.1) is 17.2 Å². The van der Waals surface area contributed by atoms with Crippen molar-refractivity contribution in [3.63, 3.8) is 0 Å². The maximum atomic E-state index is 12.4. The van der Waals surface area contributed by atoms with Gasteiger partial charge in [-0.25, -0.2) is 4.79 Å². The minimum absolute atomic E-state index is 0.152. The highest BCUT2D eigenvalue weighted by Crippen LogP contribution is 2.30. The number of urea groups is 1. The summed E-state index contributed by atoms with van der Waals surface area (Å²) in [6.45, 7) is 1.93. The van der Waals surface area contributed by atoms with Gasteiger partial charge in [-0.3, -0.25) is 4.79 Å². The number of nitrogens with zero attached hydrogens (tertiary/aromatic N) is 3. The lowest BCUT2D eigenvalue weighted by atomic mass is 10.2. The van der Waals surface area contributed by atoms with Gasteiger partial charge in [0, 0.05) is 37.4 Å². The van der Waals surface area contributed by atoms with E-state index in [-0.39, 0.29) is 11.9 Å². The van der Waals surface area contributed by atoms with E-state index in [1.165, 1.54) is 0 Å². The van der Waals surface area contributed by atoms with Crippen LogP contribution in [0.3, 0.4) is 0 Å². The highest BCUT2D eigenvalue weighted by atomic mass is 16.2. The van der Waals surface area contributed by atoms with Crippen LogP contribution in [0.2, 0.25) is 0 Å². The predicted molar refractivity (Wildman–Crippen MR) is 91.6 cm³/mol. The first-order valence-corrected chi connectivity index (χ1v) is 8.50. The molecule has 0 bridgehead atoms. The number of hydrogen-bond donors (Lipinski definition) is 1. The van der Waals surface area contributed by atoms with Crippen LogP contribution in [0.4, 0.5) is 16.2 Å². The van der Waals surface area contributed by atoms with Gasteiger partial charge in [0.15, 0.2) is 0 Å². The highest BCUT2D eigenvalue weighted by molar-refractivity contribution is 5.96. The molecule has 0 unspecified atom stereocenters. The summed E-state index contributed by atoms with van der Waals surface area (Å²) in [6, 6.07) is 9.29. The van der Waals surface area contributed by atoms with Crippen molar-refractivity contribution in [2.45, 2.75) is 32.1 Å². The fourth-order valence-electron chi connectivity index (χ4n) is 2.92. The molecule has 3 rings (SSSR count). The Kier molecular flexibility index (Phi) is 4.99. The maximum Gasteiger partial charge on any atom is 0.321 e. The number of rotatable bonds is 6. The van der Waals surface area contributed by atoms with Gasteiger partial charge in [-0.2, -0.15) is 5.26 Å². The molecule has 3 amide bonds. The normalized spacial score (nSPS) is 16.8. The summed E-state index contributed by atoms with van der Waals surface area (Å²) >= 11 is 0. The number of anilines is 2. The van der Waals surface area contributed by atoms with Crippen molar-refractivity contribution in [2.75, 3.05) is 29.9 Å². The molecule has 1 aromatic carbocycles. The fourth-order valence-corrected chi connectivity index (χ4v) is 2.92. The minimum atomic E-state index is -0.165. The van der Waals surface area contributed by atoms with Gasteiger partial charge in [0.25, 0.3) is 0 Å². The van der Waals surface area contributed by atoms with Crippen molar-refractivity contribution >= 4 is 23.3 Å². The van der Waals surface area contributed by atoms with E-state index in [1.54, 1.807) is 9.80 Å². The molecule has 0 radical (unpaired) electrons. The van der Waals surface area contributed by atoms with E-state index in [9.17, 15) is 9.59 Å². The molecule has 0 atom stereocenters. The minimum Gasteiger partial charge on any atom is -0.323 e. The summed E-state index contributed by atoms with van der Waals surface area (Å²) in [5.74, 6) is 0.733. The number of carbonyl (C=O) groups is 2. The van der Waals surface area contributed by atoms with Gasteiger partial charge in [0.2, 0.25) is 5.91 Å². The number of benzene rings is 1. The zero-order valence-corrected chi connectivity index (χ0v) is 13.7. The van der Waals surface area contributed by atoms with Crippen molar-refractivity contribution in [3.8, 4) is 6.07 Å². The predicted octanol–water partition coefficient (Wildman–Crippen LogP) is 2.97. The Balaban J connectivity index is 1.60. The molecule has 0 spiro atoms. The summed E-state index contributed by atoms with van der Waals surface area (Å²) in [5, 5.41) is 11.6. The Hall–Kier alpha value is -2.55. The second kappa shape index (κ2) is 7.35. The number of nitrogens with one attached hydrogen (secondary N) is 1. The molecule has 1 aliphatic carbocycles. The average Bonchev–Trinajstić information content (AvgIpc) is 3.31. The van der Waals surface area contributed by atoms with Crippen molar-refractivity contribution in [1.82, 2.24) is 4.90 Å². The fraction of sp³-hybridized carbons (Fsp3) is 0.500. The third kappa shape index (κ3) is 4.05. The molecule has 1 aromatic rings. The summed E-state index contributed by atoms with van der Waals surface area (Å²) in [7, 11) is 0. The van der Waals surface area contributed by atoms with E-state index >= 15 is 0 Å². The summed E-state index contributed by atoms with van der Waals surface area (Å²) in [4.78, 5) is 27.7. The van der Waals surface area contributed by atoms with E-state index in [2.05, 4.69) is 11.4 Å². The lowest BCUT2D eigenvalue weighted by molar-refractivity contribution is -0.117. The number of carbonyl (C=O) groups excluding carboxylic acids is 2. The molecule has 24 heavy (non-hydrogen) atoms. The quantitative estimate of drug-likeness (QED) is 0.873. The number of hydrogen-bond acceptors (Lipinski definition) is 3. The van der Waals surface area contributed by atoms with Gasteiger partial charge in [-0.1, -0.05) is 0 Å². The Labute approximate surface area is 142 Å². The van der Waals surface area contributed by atoms with Crippen LogP contribution in [0.25, 0.3) is 0 Å². The molecule has 126 valence electrons. The monoisotopic (exact) mass is 326 g/mol. The molecule has 6 heteroatoms. The first-order valence-electron chi connectivity index (χ1n) is 8.50. The van der Waals surface area contributed by atoms with E-state index in [4.69, 9.17) is 5.26 Å². The topological polar surface area (TPSA) is 76.4 Å². The zero-order valence-electron chi connectivity index (χ0n) is 13.7. The molecule has 1 heterocycles. The van der Waals surface area contributed by atoms with Gasteiger partial charge in [0.1, 0.15) is 0 Å². The highest BCUT2D eigenvalue weighted by Gasteiger charge is 2.26. The third-order valence-electron chi connectivity index (χ3n) is 4.46. The summed E-state index contributed by atoms with van der Waals surface area (Å²) < 4.78 is 0. The van der Waals surface area contributed by atoms with Gasteiger partial charge >= 0.3 is 6.03 Å². The van der Waals surface area contributed by atoms with E-state index in [1.807, 2.05) is 24.3 Å². The Bertz CT molecular complexity index is 646. The molecule has 6 nitrogen and oxygen atoms in total. The molecular weight excluding hydrogens is 304 g/mol. The lowest BCUT2D eigenvalue weighted by Gasteiger charge is -2.22. The van der Waals surface area contributed by atoms with Gasteiger partial charge in [-0.05, 0) is 49.4 Å². The summed E-state index contributed by atoms with van der Waals surface area (Å²) in [6.07, 6.45) is 4.17. The molecule has 2 aliphatic rings.